The lowest BCUT2D eigenvalue weighted by Gasteiger charge is -2.16. The molecule has 5 nitrogen and oxygen atoms in total. The van der Waals surface area contributed by atoms with Crippen LogP contribution >= 0.6 is 0 Å². The fourth-order valence-electron chi connectivity index (χ4n) is 1.45. The summed E-state index contributed by atoms with van der Waals surface area (Å²) >= 11 is 0. The van der Waals surface area contributed by atoms with E-state index in [0.717, 1.165) is 32.1 Å². The molecular formula is C11H23NO4S. The van der Waals surface area contributed by atoms with Gasteiger partial charge in [0.05, 0.1) is 0 Å². The molecule has 0 aromatic rings. The molecule has 0 fully saturated rings. The molecule has 0 amide bonds. The third kappa shape index (κ3) is 6.63. The lowest BCUT2D eigenvalue weighted by molar-refractivity contribution is -0.136. The molecule has 0 saturated carbocycles. The van der Waals surface area contributed by atoms with Crippen LogP contribution in [0.4, 0.5) is 0 Å². The third-order valence-electron chi connectivity index (χ3n) is 2.67. The fraction of sp³-hybridized carbons (Fsp3) is 0.909. The maximum absolute atomic E-state index is 11.6. The topological polar surface area (TPSA) is 83.5 Å². The van der Waals surface area contributed by atoms with E-state index in [9.17, 15) is 13.2 Å². The van der Waals surface area contributed by atoms with Gasteiger partial charge < -0.3 is 5.11 Å². The van der Waals surface area contributed by atoms with Gasteiger partial charge in [-0.3, -0.25) is 4.79 Å². The summed E-state index contributed by atoms with van der Waals surface area (Å²) in [6.07, 6.45) is 5.06. The highest BCUT2D eigenvalue weighted by Crippen LogP contribution is 2.07. The summed E-state index contributed by atoms with van der Waals surface area (Å²) in [5.74, 6) is -1.32. The molecule has 2 atom stereocenters. The second-order valence-electron chi connectivity index (χ2n) is 4.39. The Morgan fingerprint density at radius 1 is 1.24 bits per heavy atom. The quantitative estimate of drug-likeness (QED) is 0.622. The Morgan fingerprint density at radius 3 is 2.29 bits per heavy atom. The van der Waals surface area contributed by atoms with Crippen molar-refractivity contribution in [2.45, 2.75) is 64.2 Å². The highest BCUT2D eigenvalue weighted by molar-refractivity contribution is 7.90. The van der Waals surface area contributed by atoms with Crippen LogP contribution in [0.15, 0.2) is 0 Å². The number of carboxylic acids is 1. The Morgan fingerprint density at radius 2 is 1.82 bits per heavy atom. The Labute approximate surface area is 104 Å². The Hall–Kier alpha value is -0.620. The second-order valence-corrected chi connectivity index (χ2v) is 6.43. The van der Waals surface area contributed by atoms with Crippen LogP contribution in [0.3, 0.4) is 0 Å². The van der Waals surface area contributed by atoms with E-state index in [2.05, 4.69) is 11.6 Å². The normalized spacial score (nSPS) is 15.5. The number of hydrogen-bond donors (Lipinski definition) is 2. The van der Waals surface area contributed by atoms with Crippen LogP contribution in [0.1, 0.15) is 52.9 Å². The average Bonchev–Trinajstić information content (AvgIpc) is 2.22. The summed E-state index contributed by atoms with van der Waals surface area (Å²) in [5, 5.41) is 7.26. The molecule has 17 heavy (non-hydrogen) atoms. The van der Waals surface area contributed by atoms with Gasteiger partial charge in [-0.25, -0.2) is 13.1 Å². The summed E-state index contributed by atoms with van der Waals surface area (Å²) in [4.78, 5) is 10.6. The van der Waals surface area contributed by atoms with Crippen molar-refractivity contribution in [2.24, 2.45) is 0 Å². The van der Waals surface area contributed by atoms with E-state index in [4.69, 9.17) is 5.11 Å². The molecule has 6 heteroatoms. The number of rotatable bonds is 9. The predicted molar refractivity (Wildman–Crippen MR) is 67.4 cm³/mol. The van der Waals surface area contributed by atoms with E-state index >= 15 is 0 Å². The van der Waals surface area contributed by atoms with Crippen molar-refractivity contribution in [1.29, 1.82) is 0 Å². The Bertz CT molecular complexity index is 326. The van der Waals surface area contributed by atoms with Gasteiger partial charge in [0, 0.05) is 6.04 Å². The maximum Gasteiger partial charge on any atom is 0.323 e. The zero-order valence-corrected chi connectivity index (χ0v) is 11.6. The summed E-state index contributed by atoms with van der Waals surface area (Å²) in [6, 6.07) is -0.210. The van der Waals surface area contributed by atoms with E-state index in [0.29, 0.717) is 0 Å². The van der Waals surface area contributed by atoms with Gasteiger partial charge in [0.2, 0.25) is 10.0 Å². The van der Waals surface area contributed by atoms with Gasteiger partial charge in [0.25, 0.3) is 0 Å². The van der Waals surface area contributed by atoms with Crippen LogP contribution in [-0.2, 0) is 14.8 Å². The van der Waals surface area contributed by atoms with Gasteiger partial charge >= 0.3 is 5.97 Å². The van der Waals surface area contributed by atoms with Crippen molar-refractivity contribution in [1.82, 2.24) is 4.72 Å². The molecule has 0 spiro atoms. The number of aliphatic carboxylic acids is 1. The number of sulfonamides is 1. The minimum absolute atomic E-state index is 0.210. The first-order chi connectivity index (χ1) is 7.81. The first kappa shape index (κ1) is 16.4. The maximum atomic E-state index is 11.6. The minimum Gasteiger partial charge on any atom is -0.480 e. The van der Waals surface area contributed by atoms with E-state index in [1.54, 1.807) is 6.92 Å². The standard InChI is InChI=1S/C11H23NO4S/c1-4-5-6-7-8-9(2)12-17(15,16)10(3)11(13)14/h9-10,12H,4-8H2,1-3H3,(H,13,14). The first-order valence-corrected chi connectivity index (χ1v) is 7.59. The van der Waals surface area contributed by atoms with Crippen LogP contribution in [0, 0.1) is 0 Å². The Balaban J connectivity index is 4.10. The summed E-state index contributed by atoms with van der Waals surface area (Å²) in [7, 11) is -3.75. The zero-order chi connectivity index (χ0) is 13.5. The van der Waals surface area contributed by atoms with Crippen LogP contribution in [0.2, 0.25) is 0 Å². The smallest absolute Gasteiger partial charge is 0.323 e. The molecule has 0 heterocycles. The Kier molecular flexibility index (Phi) is 7.38. The second kappa shape index (κ2) is 7.66. The van der Waals surface area contributed by atoms with Crippen LogP contribution in [-0.4, -0.2) is 30.8 Å². The van der Waals surface area contributed by atoms with Gasteiger partial charge in [0.15, 0.2) is 5.25 Å². The van der Waals surface area contributed by atoms with E-state index < -0.39 is 21.2 Å². The molecule has 0 radical (unpaired) electrons. The highest BCUT2D eigenvalue weighted by Gasteiger charge is 2.28. The number of nitrogens with one attached hydrogen (secondary N) is 1. The van der Waals surface area contributed by atoms with Crippen LogP contribution in [0.25, 0.3) is 0 Å². The number of unbranched alkanes of at least 4 members (excludes halogenated alkanes) is 3. The molecular weight excluding hydrogens is 242 g/mol. The van der Waals surface area contributed by atoms with Crippen LogP contribution < -0.4 is 4.72 Å². The molecule has 0 aromatic carbocycles. The summed E-state index contributed by atoms with van der Waals surface area (Å²) < 4.78 is 25.6. The molecule has 0 bridgehead atoms. The van der Waals surface area contributed by atoms with Crippen molar-refractivity contribution in [2.75, 3.05) is 0 Å². The zero-order valence-electron chi connectivity index (χ0n) is 10.8. The molecule has 0 saturated heterocycles. The fourth-order valence-corrected chi connectivity index (χ4v) is 2.60. The molecule has 102 valence electrons. The monoisotopic (exact) mass is 265 g/mol. The molecule has 0 aliphatic heterocycles. The molecule has 0 aromatic heterocycles. The van der Waals surface area contributed by atoms with E-state index in [-0.39, 0.29) is 6.04 Å². The lowest BCUT2D eigenvalue weighted by Crippen LogP contribution is -2.41. The van der Waals surface area contributed by atoms with Gasteiger partial charge in [-0.2, -0.15) is 0 Å². The van der Waals surface area contributed by atoms with E-state index in [1.807, 2.05) is 0 Å². The van der Waals surface area contributed by atoms with Crippen molar-refractivity contribution >= 4 is 16.0 Å². The van der Waals surface area contributed by atoms with Crippen molar-refractivity contribution in [3.63, 3.8) is 0 Å². The molecule has 2 N–H and O–H groups in total. The SMILES string of the molecule is CCCCCCC(C)NS(=O)(=O)C(C)C(=O)O. The number of carbonyl (C=O) groups is 1. The van der Waals surface area contributed by atoms with E-state index in [1.165, 1.54) is 6.92 Å². The van der Waals surface area contributed by atoms with Crippen molar-refractivity contribution in [3.05, 3.63) is 0 Å². The summed E-state index contributed by atoms with van der Waals surface area (Å²) in [5.41, 5.74) is 0. The van der Waals surface area contributed by atoms with Gasteiger partial charge in [-0.15, -0.1) is 0 Å². The lowest BCUT2D eigenvalue weighted by atomic mass is 10.1. The van der Waals surface area contributed by atoms with Crippen LogP contribution in [0.5, 0.6) is 0 Å². The molecule has 0 aliphatic rings. The first-order valence-electron chi connectivity index (χ1n) is 6.05. The van der Waals surface area contributed by atoms with Gasteiger partial charge in [-0.1, -0.05) is 32.6 Å². The van der Waals surface area contributed by atoms with Crippen molar-refractivity contribution in [3.8, 4) is 0 Å². The average molecular weight is 265 g/mol. The number of hydrogen-bond acceptors (Lipinski definition) is 3. The highest BCUT2D eigenvalue weighted by atomic mass is 32.2. The minimum atomic E-state index is -3.75. The molecule has 2 unspecified atom stereocenters. The third-order valence-corrected chi connectivity index (χ3v) is 4.53. The molecule has 0 aliphatic carbocycles. The predicted octanol–water partition coefficient (Wildman–Crippen LogP) is 1.74. The summed E-state index contributed by atoms with van der Waals surface area (Å²) in [6.45, 7) is 5.05. The molecule has 0 rings (SSSR count). The van der Waals surface area contributed by atoms with Crippen molar-refractivity contribution < 1.29 is 18.3 Å². The largest absolute Gasteiger partial charge is 0.480 e. The van der Waals surface area contributed by atoms with Gasteiger partial charge in [0.1, 0.15) is 0 Å². The number of carboxylic acid groups (broad SMARTS) is 1. The van der Waals surface area contributed by atoms with Gasteiger partial charge in [-0.05, 0) is 20.3 Å².